The summed E-state index contributed by atoms with van der Waals surface area (Å²) in [5.74, 6) is 1.08. The van der Waals surface area contributed by atoms with E-state index in [-0.39, 0.29) is 5.91 Å². The van der Waals surface area contributed by atoms with Crippen molar-refractivity contribution in [3.05, 3.63) is 95.6 Å². The zero-order chi connectivity index (χ0) is 22.5. The Bertz CT molecular complexity index is 1220. The fourth-order valence-corrected chi connectivity index (χ4v) is 3.76. The van der Waals surface area contributed by atoms with Crippen molar-refractivity contribution in [3.63, 3.8) is 0 Å². The number of ether oxygens (including phenoxy) is 1. The third kappa shape index (κ3) is 4.80. The molecule has 0 spiro atoms. The summed E-state index contributed by atoms with van der Waals surface area (Å²) in [5.41, 5.74) is 5.57. The molecular formula is C28H28N2O2. The topological polar surface area (TPSA) is 51.2 Å². The van der Waals surface area contributed by atoms with Crippen LogP contribution in [-0.2, 0) is 6.42 Å². The van der Waals surface area contributed by atoms with Crippen molar-refractivity contribution in [3.8, 4) is 17.0 Å². The van der Waals surface area contributed by atoms with Crippen molar-refractivity contribution < 1.29 is 9.53 Å². The van der Waals surface area contributed by atoms with Crippen LogP contribution in [0.15, 0.2) is 78.9 Å². The van der Waals surface area contributed by atoms with Gasteiger partial charge in [0.05, 0.1) is 23.9 Å². The molecule has 32 heavy (non-hydrogen) atoms. The molecule has 4 rings (SSSR count). The predicted octanol–water partition coefficient (Wildman–Crippen LogP) is 6.01. The van der Waals surface area contributed by atoms with E-state index < -0.39 is 0 Å². The van der Waals surface area contributed by atoms with Crippen LogP contribution in [0.25, 0.3) is 22.2 Å². The van der Waals surface area contributed by atoms with E-state index in [1.165, 1.54) is 11.1 Å². The van der Waals surface area contributed by atoms with E-state index in [2.05, 4.69) is 43.4 Å². The molecule has 0 aliphatic carbocycles. The minimum Gasteiger partial charge on any atom is -0.497 e. The van der Waals surface area contributed by atoms with Crippen LogP contribution in [-0.4, -0.2) is 24.5 Å². The van der Waals surface area contributed by atoms with Crippen LogP contribution in [0.2, 0.25) is 0 Å². The van der Waals surface area contributed by atoms with Crippen molar-refractivity contribution in [1.82, 2.24) is 10.3 Å². The highest BCUT2D eigenvalue weighted by molar-refractivity contribution is 6.07. The lowest BCUT2D eigenvalue weighted by atomic mass is 9.97. The number of pyridine rings is 1. The van der Waals surface area contributed by atoms with E-state index in [1.807, 2.05) is 54.6 Å². The van der Waals surface area contributed by atoms with Gasteiger partial charge in [0.1, 0.15) is 5.75 Å². The second-order valence-corrected chi connectivity index (χ2v) is 8.21. The molecule has 0 saturated heterocycles. The predicted molar refractivity (Wildman–Crippen MR) is 130 cm³/mol. The van der Waals surface area contributed by atoms with E-state index in [4.69, 9.17) is 9.72 Å². The van der Waals surface area contributed by atoms with E-state index in [1.54, 1.807) is 7.11 Å². The van der Waals surface area contributed by atoms with Gasteiger partial charge >= 0.3 is 0 Å². The lowest BCUT2D eigenvalue weighted by Crippen LogP contribution is -2.26. The van der Waals surface area contributed by atoms with E-state index in [0.29, 0.717) is 18.0 Å². The van der Waals surface area contributed by atoms with Gasteiger partial charge in [-0.25, -0.2) is 4.98 Å². The second kappa shape index (κ2) is 9.65. The van der Waals surface area contributed by atoms with E-state index >= 15 is 0 Å². The van der Waals surface area contributed by atoms with Gasteiger partial charge in [-0.05, 0) is 65.9 Å². The molecule has 4 aromatic rings. The second-order valence-electron chi connectivity index (χ2n) is 8.21. The number of methoxy groups -OCH3 is 1. The average Bonchev–Trinajstić information content (AvgIpc) is 2.83. The molecule has 4 nitrogen and oxygen atoms in total. The molecule has 1 aromatic heterocycles. The van der Waals surface area contributed by atoms with Gasteiger partial charge in [0, 0.05) is 17.5 Å². The number of hydrogen-bond acceptors (Lipinski definition) is 3. The Morgan fingerprint density at radius 2 is 1.72 bits per heavy atom. The normalized spacial score (nSPS) is 11.0. The summed E-state index contributed by atoms with van der Waals surface area (Å²) >= 11 is 0. The maximum absolute atomic E-state index is 13.3. The summed E-state index contributed by atoms with van der Waals surface area (Å²) in [6, 6.07) is 26.0. The van der Waals surface area contributed by atoms with Crippen LogP contribution in [0.5, 0.6) is 5.75 Å². The molecule has 1 heterocycles. The number of nitrogens with zero attached hydrogens (tertiary/aromatic N) is 1. The first-order valence-corrected chi connectivity index (χ1v) is 11.0. The number of fused-ring (bicyclic) bond motifs is 1. The molecule has 0 aliphatic heterocycles. The van der Waals surface area contributed by atoms with Crippen LogP contribution in [0.1, 0.15) is 41.3 Å². The molecule has 0 unspecified atom stereocenters. The molecule has 1 amide bonds. The lowest BCUT2D eigenvalue weighted by molar-refractivity contribution is 0.0955. The number of rotatable bonds is 7. The number of nitrogens with one attached hydrogen (secondary N) is 1. The SMILES string of the molecule is COc1ccc(-c2cc(C(=O)NCCc3ccccc3)c3cc(C(C)C)ccc3n2)cc1. The molecule has 0 aliphatic rings. The molecule has 1 N–H and O–H groups in total. The van der Waals surface area contributed by atoms with Crippen molar-refractivity contribution in [2.24, 2.45) is 0 Å². The maximum Gasteiger partial charge on any atom is 0.252 e. The minimum absolute atomic E-state index is 0.0796. The summed E-state index contributed by atoms with van der Waals surface area (Å²) in [6.45, 7) is 4.88. The van der Waals surface area contributed by atoms with Gasteiger partial charge in [-0.2, -0.15) is 0 Å². The van der Waals surface area contributed by atoms with Gasteiger partial charge < -0.3 is 10.1 Å². The maximum atomic E-state index is 13.3. The van der Waals surface area contributed by atoms with Gasteiger partial charge in [0.25, 0.3) is 5.91 Å². The van der Waals surface area contributed by atoms with Gasteiger partial charge in [0.15, 0.2) is 0 Å². The number of carbonyl (C=O) groups is 1. The highest BCUT2D eigenvalue weighted by Gasteiger charge is 2.15. The zero-order valence-corrected chi connectivity index (χ0v) is 18.8. The summed E-state index contributed by atoms with van der Waals surface area (Å²) in [4.78, 5) is 18.1. The Morgan fingerprint density at radius 1 is 0.969 bits per heavy atom. The molecule has 0 atom stereocenters. The number of benzene rings is 3. The van der Waals surface area contributed by atoms with Crippen molar-refractivity contribution in [2.75, 3.05) is 13.7 Å². The van der Waals surface area contributed by atoms with Gasteiger partial charge in [-0.15, -0.1) is 0 Å². The Hall–Kier alpha value is -3.66. The van der Waals surface area contributed by atoms with Crippen LogP contribution in [0.4, 0.5) is 0 Å². The van der Waals surface area contributed by atoms with E-state index in [9.17, 15) is 4.79 Å². The first kappa shape index (κ1) is 21.6. The Labute approximate surface area is 189 Å². The van der Waals surface area contributed by atoms with Crippen LogP contribution in [0, 0.1) is 0 Å². The number of hydrogen-bond donors (Lipinski definition) is 1. The van der Waals surface area contributed by atoms with Gasteiger partial charge in [0.2, 0.25) is 0 Å². The number of aromatic nitrogens is 1. The molecule has 3 aromatic carbocycles. The fourth-order valence-electron chi connectivity index (χ4n) is 3.76. The highest BCUT2D eigenvalue weighted by Crippen LogP contribution is 2.28. The smallest absolute Gasteiger partial charge is 0.252 e. The molecule has 0 fully saturated rings. The van der Waals surface area contributed by atoms with Crippen LogP contribution >= 0.6 is 0 Å². The van der Waals surface area contributed by atoms with Crippen molar-refractivity contribution in [2.45, 2.75) is 26.2 Å². The number of carbonyl (C=O) groups excluding carboxylic acids is 1. The molecule has 0 saturated carbocycles. The minimum atomic E-state index is -0.0796. The first-order valence-electron chi connectivity index (χ1n) is 11.0. The summed E-state index contributed by atoms with van der Waals surface area (Å²) in [7, 11) is 1.65. The molecule has 162 valence electrons. The zero-order valence-electron chi connectivity index (χ0n) is 18.8. The van der Waals surface area contributed by atoms with Crippen LogP contribution < -0.4 is 10.1 Å². The first-order chi connectivity index (χ1) is 15.5. The summed E-state index contributed by atoms with van der Waals surface area (Å²) in [5, 5.41) is 3.98. The third-order valence-corrected chi connectivity index (χ3v) is 5.67. The number of amides is 1. The third-order valence-electron chi connectivity index (χ3n) is 5.67. The fraction of sp³-hybridized carbons (Fsp3) is 0.214. The molecule has 0 radical (unpaired) electrons. The van der Waals surface area contributed by atoms with E-state index in [0.717, 1.165) is 34.3 Å². The van der Waals surface area contributed by atoms with Gasteiger partial charge in [-0.1, -0.05) is 50.2 Å². The van der Waals surface area contributed by atoms with Gasteiger partial charge in [-0.3, -0.25) is 4.79 Å². The average molecular weight is 425 g/mol. The summed E-state index contributed by atoms with van der Waals surface area (Å²) in [6.07, 6.45) is 0.790. The monoisotopic (exact) mass is 424 g/mol. The largest absolute Gasteiger partial charge is 0.497 e. The lowest BCUT2D eigenvalue weighted by Gasteiger charge is -2.13. The Morgan fingerprint density at radius 3 is 2.41 bits per heavy atom. The molecule has 4 heteroatoms. The Balaban J connectivity index is 1.69. The van der Waals surface area contributed by atoms with Crippen molar-refractivity contribution >= 4 is 16.8 Å². The summed E-state index contributed by atoms with van der Waals surface area (Å²) < 4.78 is 5.27. The molecule has 0 bridgehead atoms. The standard InChI is InChI=1S/C28H28N2O2/c1-19(2)22-11-14-26-24(17-22)25(28(31)29-16-15-20-7-5-4-6-8-20)18-27(30-26)21-9-12-23(32-3)13-10-21/h4-14,17-19H,15-16H2,1-3H3,(H,29,31). The van der Waals surface area contributed by atoms with Crippen molar-refractivity contribution in [1.29, 1.82) is 0 Å². The van der Waals surface area contributed by atoms with Crippen LogP contribution in [0.3, 0.4) is 0 Å². The highest BCUT2D eigenvalue weighted by atomic mass is 16.5. The Kier molecular flexibility index (Phi) is 6.50. The molecular weight excluding hydrogens is 396 g/mol. The quantitative estimate of drug-likeness (QED) is 0.395.